The average molecular weight is 218 g/mol. The van der Waals surface area contributed by atoms with Crippen molar-refractivity contribution >= 4 is 0 Å². The largest absolute Gasteiger partial charge is 0.508 e. The van der Waals surface area contributed by atoms with E-state index in [0.29, 0.717) is 11.7 Å². The molecular weight excluding hydrogens is 196 g/mol. The van der Waals surface area contributed by atoms with Gasteiger partial charge in [0.15, 0.2) is 0 Å². The van der Waals surface area contributed by atoms with Crippen molar-refractivity contribution in [2.75, 3.05) is 0 Å². The maximum absolute atomic E-state index is 9.65. The Morgan fingerprint density at radius 1 is 1.38 bits per heavy atom. The fourth-order valence-corrected chi connectivity index (χ4v) is 1.72. The molecule has 0 aromatic heterocycles. The van der Waals surface area contributed by atoms with E-state index in [1.54, 1.807) is 0 Å². The van der Waals surface area contributed by atoms with E-state index in [0.717, 1.165) is 18.4 Å². The van der Waals surface area contributed by atoms with Crippen LogP contribution < -0.4 is 0 Å². The highest BCUT2D eigenvalue weighted by atomic mass is 16.3. The lowest BCUT2D eigenvalue weighted by atomic mass is 9.95. The lowest BCUT2D eigenvalue weighted by Gasteiger charge is -2.12. The van der Waals surface area contributed by atoms with Gasteiger partial charge in [0.2, 0.25) is 0 Å². The third-order valence-corrected chi connectivity index (χ3v) is 2.95. The fourth-order valence-electron chi connectivity index (χ4n) is 1.72. The molecule has 0 saturated heterocycles. The van der Waals surface area contributed by atoms with Crippen LogP contribution in [0.25, 0.3) is 0 Å². The molecular formula is C15H22O. The molecule has 16 heavy (non-hydrogen) atoms. The lowest BCUT2D eigenvalue weighted by molar-refractivity contribution is 0.469. The number of rotatable bonds is 4. The van der Waals surface area contributed by atoms with Gasteiger partial charge in [-0.2, -0.15) is 0 Å². The maximum atomic E-state index is 9.65. The van der Waals surface area contributed by atoms with Crippen LogP contribution in [0.1, 0.15) is 50.7 Å². The molecule has 1 nitrogen and oxygen atoms in total. The third kappa shape index (κ3) is 3.73. The first-order valence-corrected chi connectivity index (χ1v) is 5.93. The van der Waals surface area contributed by atoms with Gasteiger partial charge in [-0.15, -0.1) is 0 Å². The lowest BCUT2D eigenvalue weighted by Crippen LogP contribution is -1.93. The maximum Gasteiger partial charge on any atom is 0.118 e. The van der Waals surface area contributed by atoms with Gasteiger partial charge in [-0.3, -0.25) is 0 Å². The molecule has 1 aromatic rings. The molecule has 0 radical (unpaired) electrons. The Morgan fingerprint density at radius 3 is 2.62 bits per heavy atom. The van der Waals surface area contributed by atoms with Gasteiger partial charge in [-0.1, -0.05) is 30.7 Å². The Bertz CT molecular complexity index is 373. The van der Waals surface area contributed by atoms with E-state index >= 15 is 0 Å². The van der Waals surface area contributed by atoms with Crippen LogP contribution in [0.15, 0.2) is 29.8 Å². The number of allylic oxidation sites excluding steroid dienone is 2. The molecule has 0 amide bonds. The molecule has 1 unspecified atom stereocenters. The zero-order valence-electron chi connectivity index (χ0n) is 10.7. The number of phenolic OH excluding ortho intramolecular Hbond substituents is 1. The molecule has 1 atom stereocenters. The summed E-state index contributed by atoms with van der Waals surface area (Å²) < 4.78 is 0. The van der Waals surface area contributed by atoms with Crippen LogP contribution in [0, 0.1) is 6.92 Å². The van der Waals surface area contributed by atoms with Gasteiger partial charge in [0, 0.05) is 0 Å². The molecule has 0 bridgehead atoms. The summed E-state index contributed by atoms with van der Waals surface area (Å²) in [7, 11) is 0. The highest BCUT2D eigenvalue weighted by Crippen LogP contribution is 2.26. The highest BCUT2D eigenvalue weighted by Gasteiger charge is 2.06. The molecule has 0 fully saturated rings. The summed E-state index contributed by atoms with van der Waals surface area (Å²) in [5.74, 6) is 0.911. The first-order chi connectivity index (χ1) is 7.50. The van der Waals surface area contributed by atoms with Crippen molar-refractivity contribution in [3.63, 3.8) is 0 Å². The Labute approximate surface area is 98.8 Å². The van der Waals surface area contributed by atoms with Crippen molar-refractivity contribution in [2.45, 2.75) is 46.5 Å². The molecule has 88 valence electrons. The Hall–Kier alpha value is -1.24. The van der Waals surface area contributed by atoms with Crippen LogP contribution in [-0.4, -0.2) is 5.11 Å². The minimum atomic E-state index is 0.409. The zero-order chi connectivity index (χ0) is 12.1. The second kappa shape index (κ2) is 5.74. The van der Waals surface area contributed by atoms with Crippen LogP contribution in [0.2, 0.25) is 0 Å². The number of hydrogen-bond acceptors (Lipinski definition) is 1. The standard InChI is InChI=1S/C15H22O/c1-11(2)6-5-7-12(3)14-9-8-13(4)15(16)10-14/h6,8-10,12,16H,5,7H2,1-4H3. The third-order valence-electron chi connectivity index (χ3n) is 2.95. The van der Waals surface area contributed by atoms with Gasteiger partial charge in [0.1, 0.15) is 5.75 Å². The van der Waals surface area contributed by atoms with Gasteiger partial charge >= 0.3 is 0 Å². The Balaban J connectivity index is 2.62. The summed E-state index contributed by atoms with van der Waals surface area (Å²) in [6.45, 7) is 8.39. The summed E-state index contributed by atoms with van der Waals surface area (Å²) in [5, 5.41) is 9.65. The summed E-state index contributed by atoms with van der Waals surface area (Å²) in [6.07, 6.45) is 4.51. The Morgan fingerprint density at radius 2 is 2.06 bits per heavy atom. The van der Waals surface area contributed by atoms with Crippen LogP contribution in [0.3, 0.4) is 0 Å². The summed E-state index contributed by atoms with van der Waals surface area (Å²) in [4.78, 5) is 0. The van der Waals surface area contributed by atoms with Crippen LogP contribution in [0.5, 0.6) is 5.75 Å². The summed E-state index contributed by atoms with van der Waals surface area (Å²) in [6, 6.07) is 5.99. The van der Waals surface area contributed by atoms with E-state index in [-0.39, 0.29) is 0 Å². The first kappa shape index (κ1) is 12.8. The summed E-state index contributed by atoms with van der Waals surface area (Å²) in [5.41, 5.74) is 3.55. The predicted molar refractivity (Wildman–Crippen MR) is 69.9 cm³/mol. The predicted octanol–water partition coefficient (Wildman–Crippen LogP) is 4.55. The van der Waals surface area contributed by atoms with Crippen molar-refractivity contribution in [2.24, 2.45) is 0 Å². The molecule has 0 saturated carbocycles. The molecule has 0 heterocycles. The van der Waals surface area contributed by atoms with E-state index in [9.17, 15) is 5.11 Å². The van der Waals surface area contributed by atoms with Crippen molar-refractivity contribution in [3.05, 3.63) is 41.0 Å². The van der Waals surface area contributed by atoms with E-state index in [4.69, 9.17) is 0 Å². The van der Waals surface area contributed by atoms with E-state index in [1.807, 2.05) is 19.1 Å². The van der Waals surface area contributed by atoms with Crippen LogP contribution in [-0.2, 0) is 0 Å². The molecule has 1 heteroatoms. The van der Waals surface area contributed by atoms with Crippen molar-refractivity contribution in [3.8, 4) is 5.75 Å². The van der Waals surface area contributed by atoms with E-state index < -0.39 is 0 Å². The average Bonchev–Trinajstić information content (AvgIpc) is 2.21. The number of benzene rings is 1. The zero-order valence-corrected chi connectivity index (χ0v) is 10.7. The highest BCUT2D eigenvalue weighted by molar-refractivity contribution is 5.36. The van der Waals surface area contributed by atoms with Gasteiger partial charge in [0.25, 0.3) is 0 Å². The van der Waals surface area contributed by atoms with Crippen LogP contribution in [0.4, 0.5) is 0 Å². The van der Waals surface area contributed by atoms with Crippen molar-refractivity contribution in [1.82, 2.24) is 0 Å². The Kier molecular flexibility index (Phi) is 4.60. The molecule has 1 rings (SSSR count). The second-order valence-corrected chi connectivity index (χ2v) is 4.81. The molecule has 1 N–H and O–H groups in total. The SMILES string of the molecule is CC(C)=CCCC(C)c1ccc(C)c(O)c1. The first-order valence-electron chi connectivity index (χ1n) is 5.93. The molecule has 0 aliphatic rings. The normalized spacial score (nSPS) is 12.2. The van der Waals surface area contributed by atoms with Crippen LogP contribution >= 0.6 is 0 Å². The molecule has 0 spiro atoms. The van der Waals surface area contributed by atoms with Gasteiger partial charge < -0.3 is 5.11 Å². The van der Waals surface area contributed by atoms with Crippen molar-refractivity contribution in [1.29, 1.82) is 0 Å². The van der Waals surface area contributed by atoms with Gasteiger partial charge in [0.05, 0.1) is 0 Å². The minimum Gasteiger partial charge on any atom is -0.508 e. The van der Waals surface area contributed by atoms with Gasteiger partial charge in [-0.05, 0) is 56.7 Å². The number of aryl methyl sites for hydroxylation is 1. The number of hydrogen-bond donors (Lipinski definition) is 1. The van der Waals surface area contributed by atoms with E-state index in [2.05, 4.69) is 32.9 Å². The van der Waals surface area contributed by atoms with E-state index in [1.165, 1.54) is 11.1 Å². The topological polar surface area (TPSA) is 20.2 Å². The smallest absolute Gasteiger partial charge is 0.118 e. The second-order valence-electron chi connectivity index (χ2n) is 4.81. The van der Waals surface area contributed by atoms with Crippen molar-refractivity contribution < 1.29 is 5.11 Å². The fraction of sp³-hybridized carbons (Fsp3) is 0.467. The summed E-state index contributed by atoms with van der Waals surface area (Å²) >= 11 is 0. The quantitative estimate of drug-likeness (QED) is 0.735. The molecule has 0 aliphatic carbocycles. The monoisotopic (exact) mass is 218 g/mol. The number of phenols is 1. The molecule has 0 aliphatic heterocycles. The number of aromatic hydroxyl groups is 1. The minimum absolute atomic E-state index is 0.409. The van der Waals surface area contributed by atoms with Gasteiger partial charge in [-0.25, -0.2) is 0 Å². The molecule has 1 aromatic carbocycles.